The van der Waals surface area contributed by atoms with Crippen molar-refractivity contribution in [2.75, 3.05) is 18.5 Å². The number of anilines is 2. The summed E-state index contributed by atoms with van der Waals surface area (Å²) in [5, 5.41) is 7.21. The van der Waals surface area contributed by atoms with Gasteiger partial charge in [0.2, 0.25) is 5.75 Å². The maximum atomic E-state index is 14.6. The van der Waals surface area contributed by atoms with Crippen LogP contribution in [0.4, 0.5) is 20.8 Å². The van der Waals surface area contributed by atoms with E-state index >= 15 is 0 Å². The summed E-state index contributed by atoms with van der Waals surface area (Å²) in [4.78, 5) is 27.7. The number of ether oxygens (including phenoxy) is 1. The first-order valence-corrected chi connectivity index (χ1v) is 8.69. The molecule has 0 unspecified atom stereocenters. The van der Waals surface area contributed by atoms with Crippen LogP contribution in [0.1, 0.15) is 5.56 Å². The third kappa shape index (κ3) is 3.41. The molecule has 3 heterocycles. The topological polar surface area (TPSA) is 160 Å². The Morgan fingerprint density at radius 1 is 1.20 bits per heavy atom. The maximum Gasteiger partial charge on any atom is 0.412 e. The van der Waals surface area contributed by atoms with Crippen LogP contribution in [-0.4, -0.2) is 42.9 Å². The van der Waals surface area contributed by atoms with Gasteiger partial charge in [-0.1, -0.05) is 12.1 Å². The Hall–Kier alpha value is -4.35. The number of hydrogen-bond donors (Lipinski definition) is 3. The second-order valence-corrected chi connectivity index (χ2v) is 6.18. The number of amides is 1. The second-order valence-electron chi connectivity index (χ2n) is 6.18. The fourth-order valence-corrected chi connectivity index (χ4v) is 2.90. The molecule has 152 valence electrons. The standard InChI is InChI=1S/C18H16FN9O2/c1-22-18(29)30-14-15(20)25-17(26-16(14)21)12-10-3-2-4-11(19)13(10)28(27-12)7-9-5-23-8-24-6-9/h2-6,8H,7H2,1H3,(H,22,29)(H4,20,21,25,26). The number of benzene rings is 1. The fourth-order valence-electron chi connectivity index (χ4n) is 2.90. The largest absolute Gasteiger partial charge is 0.412 e. The van der Waals surface area contributed by atoms with Gasteiger partial charge in [0.05, 0.1) is 6.54 Å². The lowest BCUT2D eigenvalue weighted by Gasteiger charge is -2.09. The van der Waals surface area contributed by atoms with Gasteiger partial charge in [0.1, 0.15) is 23.4 Å². The van der Waals surface area contributed by atoms with E-state index in [1.165, 1.54) is 24.1 Å². The molecule has 0 fully saturated rings. The van der Waals surface area contributed by atoms with E-state index in [0.29, 0.717) is 5.39 Å². The lowest BCUT2D eigenvalue weighted by atomic mass is 10.2. The number of halogens is 1. The summed E-state index contributed by atoms with van der Waals surface area (Å²) < 4.78 is 21.1. The van der Waals surface area contributed by atoms with E-state index in [-0.39, 0.29) is 41.0 Å². The van der Waals surface area contributed by atoms with Crippen molar-refractivity contribution in [1.29, 1.82) is 0 Å². The molecule has 3 aromatic heterocycles. The predicted octanol–water partition coefficient (Wildman–Crippen LogP) is 1.35. The molecule has 0 saturated carbocycles. The first-order valence-electron chi connectivity index (χ1n) is 8.69. The molecule has 0 spiro atoms. The van der Waals surface area contributed by atoms with Crippen molar-refractivity contribution in [1.82, 2.24) is 35.0 Å². The highest BCUT2D eigenvalue weighted by molar-refractivity contribution is 5.92. The minimum Gasteiger partial charge on any atom is -0.402 e. The molecule has 0 aliphatic rings. The number of carbonyl (C=O) groups is 1. The lowest BCUT2D eigenvalue weighted by molar-refractivity contribution is 0.203. The van der Waals surface area contributed by atoms with Crippen molar-refractivity contribution >= 4 is 28.6 Å². The zero-order chi connectivity index (χ0) is 21.3. The Balaban J connectivity index is 1.84. The van der Waals surface area contributed by atoms with Gasteiger partial charge in [0, 0.05) is 30.4 Å². The highest BCUT2D eigenvalue weighted by Gasteiger charge is 2.21. The third-order valence-electron chi connectivity index (χ3n) is 4.20. The number of rotatable bonds is 4. The molecule has 0 bridgehead atoms. The van der Waals surface area contributed by atoms with Crippen molar-refractivity contribution in [3.8, 4) is 17.3 Å². The molecule has 1 aromatic carbocycles. The van der Waals surface area contributed by atoms with Gasteiger partial charge in [-0.05, 0) is 6.07 Å². The average molecular weight is 409 g/mol. The summed E-state index contributed by atoms with van der Waals surface area (Å²) in [6.45, 7) is 0.223. The summed E-state index contributed by atoms with van der Waals surface area (Å²) in [6, 6.07) is 4.56. The Bertz CT molecular complexity index is 1220. The van der Waals surface area contributed by atoms with E-state index in [0.717, 1.165) is 5.56 Å². The molecular formula is C18H16FN9O2. The SMILES string of the molecule is CNC(=O)Oc1c(N)nc(-c2nn(Cc3cncnc3)c3c(F)cccc23)nc1N. The van der Waals surface area contributed by atoms with Crippen LogP contribution in [0.2, 0.25) is 0 Å². The normalized spacial score (nSPS) is 10.9. The van der Waals surface area contributed by atoms with E-state index in [1.807, 2.05) is 0 Å². The molecule has 30 heavy (non-hydrogen) atoms. The number of para-hydroxylation sites is 1. The van der Waals surface area contributed by atoms with Gasteiger partial charge in [0.15, 0.2) is 17.5 Å². The highest BCUT2D eigenvalue weighted by Crippen LogP contribution is 2.32. The number of hydrogen-bond acceptors (Lipinski definition) is 9. The molecular weight excluding hydrogens is 393 g/mol. The van der Waals surface area contributed by atoms with E-state index in [2.05, 4.69) is 30.4 Å². The Morgan fingerprint density at radius 3 is 2.57 bits per heavy atom. The zero-order valence-corrected chi connectivity index (χ0v) is 15.7. The van der Waals surface area contributed by atoms with E-state index in [4.69, 9.17) is 16.2 Å². The fraction of sp³-hybridized carbons (Fsp3) is 0.111. The Kier molecular flexibility index (Phi) is 4.80. The number of nitrogens with zero attached hydrogens (tertiary/aromatic N) is 6. The lowest BCUT2D eigenvalue weighted by Crippen LogP contribution is -2.23. The number of nitrogens with one attached hydrogen (secondary N) is 1. The zero-order valence-electron chi connectivity index (χ0n) is 15.7. The molecule has 11 nitrogen and oxygen atoms in total. The number of fused-ring (bicyclic) bond motifs is 1. The number of nitrogens with two attached hydrogens (primary N) is 2. The van der Waals surface area contributed by atoms with Crippen molar-refractivity contribution in [2.24, 2.45) is 0 Å². The van der Waals surface area contributed by atoms with E-state index < -0.39 is 11.9 Å². The average Bonchev–Trinajstić information content (AvgIpc) is 3.10. The van der Waals surface area contributed by atoms with Gasteiger partial charge < -0.3 is 21.5 Å². The predicted molar refractivity (Wildman–Crippen MR) is 106 cm³/mol. The van der Waals surface area contributed by atoms with Crippen LogP contribution in [0, 0.1) is 5.82 Å². The molecule has 0 saturated heterocycles. The molecule has 12 heteroatoms. The van der Waals surface area contributed by atoms with Crippen molar-refractivity contribution < 1.29 is 13.9 Å². The summed E-state index contributed by atoms with van der Waals surface area (Å²) in [5.41, 5.74) is 13.1. The molecule has 0 aliphatic carbocycles. The van der Waals surface area contributed by atoms with Gasteiger partial charge in [-0.3, -0.25) is 4.68 Å². The number of aromatic nitrogens is 6. The van der Waals surface area contributed by atoms with Gasteiger partial charge >= 0.3 is 6.09 Å². The second kappa shape index (κ2) is 7.58. The van der Waals surface area contributed by atoms with Crippen LogP contribution in [0.25, 0.3) is 22.4 Å². The van der Waals surface area contributed by atoms with Gasteiger partial charge in [-0.25, -0.2) is 29.1 Å². The summed E-state index contributed by atoms with van der Waals surface area (Å²) in [7, 11) is 1.38. The monoisotopic (exact) mass is 409 g/mol. The molecule has 0 aliphatic heterocycles. The molecule has 1 amide bonds. The van der Waals surface area contributed by atoms with Crippen molar-refractivity contribution in [2.45, 2.75) is 6.54 Å². The van der Waals surface area contributed by atoms with Crippen molar-refractivity contribution in [3.05, 3.63) is 48.3 Å². The summed E-state index contributed by atoms with van der Waals surface area (Å²) >= 11 is 0. The number of nitrogen functional groups attached to an aromatic ring is 2. The van der Waals surface area contributed by atoms with Crippen LogP contribution in [0.5, 0.6) is 5.75 Å². The van der Waals surface area contributed by atoms with Crippen LogP contribution < -0.4 is 21.5 Å². The van der Waals surface area contributed by atoms with Gasteiger partial charge in [0.25, 0.3) is 0 Å². The summed E-state index contributed by atoms with van der Waals surface area (Å²) in [6.07, 6.45) is 3.85. The minimum atomic E-state index is -0.772. The van der Waals surface area contributed by atoms with E-state index in [9.17, 15) is 9.18 Å². The first kappa shape index (κ1) is 19.0. The van der Waals surface area contributed by atoms with Crippen LogP contribution in [0.15, 0.2) is 36.9 Å². The summed E-state index contributed by atoms with van der Waals surface area (Å²) in [5.74, 6) is -0.890. The Labute approximate surface area is 168 Å². The quantitative estimate of drug-likeness (QED) is 0.452. The Morgan fingerprint density at radius 2 is 1.90 bits per heavy atom. The van der Waals surface area contributed by atoms with Gasteiger partial charge in [-0.15, -0.1) is 0 Å². The third-order valence-corrected chi connectivity index (χ3v) is 4.20. The van der Waals surface area contributed by atoms with Crippen LogP contribution in [-0.2, 0) is 6.54 Å². The molecule has 4 aromatic rings. The smallest absolute Gasteiger partial charge is 0.402 e. The highest BCUT2D eigenvalue weighted by atomic mass is 19.1. The molecule has 0 radical (unpaired) electrons. The van der Waals surface area contributed by atoms with E-state index in [1.54, 1.807) is 24.5 Å². The number of carbonyl (C=O) groups excluding carboxylic acids is 1. The minimum absolute atomic E-state index is 0.0629. The first-order chi connectivity index (χ1) is 14.5. The molecule has 5 N–H and O–H groups in total. The van der Waals surface area contributed by atoms with Crippen LogP contribution in [0.3, 0.4) is 0 Å². The van der Waals surface area contributed by atoms with Crippen LogP contribution >= 0.6 is 0 Å². The molecule has 4 rings (SSSR count). The van der Waals surface area contributed by atoms with Crippen molar-refractivity contribution in [3.63, 3.8) is 0 Å². The van der Waals surface area contributed by atoms with Gasteiger partial charge in [-0.2, -0.15) is 5.10 Å². The molecule has 0 atom stereocenters. The maximum absolute atomic E-state index is 14.6.